The molecular weight excluding hydrogens is 400 g/mol. The van der Waals surface area contributed by atoms with Gasteiger partial charge in [-0.05, 0) is 61.7 Å². The first kappa shape index (κ1) is 22.4. The minimum Gasteiger partial charge on any atom is -0.493 e. The number of ether oxygens (including phenoxy) is 2. The Bertz CT molecular complexity index is 850. The lowest BCUT2D eigenvalue weighted by Crippen LogP contribution is -2.41. The first-order valence-corrected chi connectivity index (χ1v) is 10.9. The van der Waals surface area contributed by atoms with Crippen molar-refractivity contribution in [1.82, 2.24) is 10.2 Å². The molecule has 1 N–H and O–H groups in total. The summed E-state index contributed by atoms with van der Waals surface area (Å²) < 4.78 is 10.7. The van der Waals surface area contributed by atoms with Crippen LogP contribution in [0.2, 0.25) is 5.02 Å². The maximum Gasteiger partial charge on any atom is 0.223 e. The predicted octanol–water partition coefficient (Wildman–Crippen LogP) is 4.84. The van der Waals surface area contributed by atoms with Gasteiger partial charge in [0.15, 0.2) is 11.5 Å². The van der Waals surface area contributed by atoms with E-state index in [4.69, 9.17) is 21.1 Å². The van der Waals surface area contributed by atoms with Crippen LogP contribution in [0.3, 0.4) is 0 Å². The topological polar surface area (TPSA) is 50.8 Å². The lowest BCUT2D eigenvalue weighted by atomic mass is 9.94. The third kappa shape index (κ3) is 5.46. The number of piperidine rings is 1. The molecule has 2 aromatic carbocycles. The Labute approximate surface area is 184 Å². The van der Waals surface area contributed by atoms with Crippen LogP contribution in [0.4, 0.5) is 0 Å². The van der Waals surface area contributed by atoms with Crippen molar-refractivity contribution < 1.29 is 14.3 Å². The molecule has 0 unspecified atom stereocenters. The van der Waals surface area contributed by atoms with Crippen molar-refractivity contribution in [1.29, 1.82) is 0 Å². The van der Waals surface area contributed by atoms with Crippen molar-refractivity contribution in [3.05, 3.63) is 58.6 Å². The number of nitrogens with zero attached hydrogens (tertiary/aromatic N) is 1. The van der Waals surface area contributed by atoms with Gasteiger partial charge in [0.05, 0.1) is 20.3 Å². The van der Waals surface area contributed by atoms with E-state index in [2.05, 4.69) is 23.2 Å². The van der Waals surface area contributed by atoms with Gasteiger partial charge in [-0.15, -0.1) is 0 Å². The third-order valence-corrected chi connectivity index (χ3v) is 6.21. The van der Waals surface area contributed by atoms with Crippen molar-refractivity contribution in [2.45, 2.75) is 38.8 Å². The number of hydrogen-bond acceptors (Lipinski definition) is 4. The van der Waals surface area contributed by atoms with Crippen molar-refractivity contribution in [3.63, 3.8) is 0 Å². The second-order valence-corrected chi connectivity index (χ2v) is 8.13. The molecule has 30 heavy (non-hydrogen) atoms. The van der Waals surface area contributed by atoms with Crippen molar-refractivity contribution in [2.75, 3.05) is 27.3 Å². The van der Waals surface area contributed by atoms with Crippen LogP contribution in [0.25, 0.3) is 0 Å². The molecule has 2 aromatic rings. The molecule has 0 radical (unpaired) electrons. The number of carbonyl (C=O) groups is 1. The average molecular weight is 431 g/mol. The second kappa shape index (κ2) is 10.7. The van der Waals surface area contributed by atoms with Crippen molar-refractivity contribution in [2.24, 2.45) is 5.92 Å². The summed E-state index contributed by atoms with van der Waals surface area (Å²) in [5, 5.41) is 4.04. The van der Waals surface area contributed by atoms with Gasteiger partial charge in [-0.25, -0.2) is 0 Å². The summed E-state index contributed by atoms with van der Waals surface area (Å²) in [6.45, 7) is 4.71. The van der Waals surface area contributed by atoms with Gasteiger partial charge < -0.3 is 14.8 Å². The van der Waals surface area contributed by atoms with Gasteiger partial charge in [-0.3, -0.25) is 9.69 Å². The maximum absolute atomic E-state index is 12.9. The van der Waals surface area contributed by atoms with E-state index in [0.717, 1.165) is 55.0 Å². The number of halogens is 1. The fourth-order valence-corrected chi connectivity index (χ4v) is 4.20. The molecule has 1 amide bonds. The SMILES string of the molecule is CC[C@@H](NC(=O)C1CCN(Cc2ccccc2Cl)CC1)c1ccc(OC)c(OC)c1. The maximum atomic E-state index is 12.9. The molecule has 3 rings (SSSR count). The molecule has 0 bridgehead atoms. The number of amides is 1. The minimum atomic E-state index is -0.0431. The molecule has 162 valence electrons. The van der Waals surface area contributed by atoms with Gasteiger partial charge in [0.1, 0.15) is 0 Å². The second-order valence-electron chi connectivity index (χ2n) is 7.73. The molecule has 5 nitrogen and oxygen atoms in total. The van der Waals surface area contributed by atoms with Gasteiger partial charge in [0.2, 0.25) is 5.91 Å². The van der Waals surface area contributed by atoms with Crippen LogP contribution in [0.1, 0.15) is 43.4 Å². The van der Waals surface area contributed by atoms with Crippen LogP contribution in [-0.2, 0) is 11.3 Å². The average Bonchev–Trinajstić information content (AvgIpc) is 2.78. The monoisotopic (exact) mass is 430 g/mol. The largest absolute Gasteiger partial charge is 0.493 e. The lowest BCUT2D eigenvalue weighted by Gasteiger charge is -2.32. The summed E-state index contributed by atoms with van der Waals surface area (Å²) in [5.74, 6) is 1.54. The Morgan fingerprint density at radius 3 is 2.47 bits per heavy atom. The highest BCUT2D eigenvalue weighted by atomic mass is 35.5. The summed E-state index contributed by atoms with van der Waals surface area (Å²) in [6.07, 6.45) is 2.53. The summed E-state index contributed by atoms with van der Waals surface area (Å²) >= 11 is 6.29. The Balaban J connectivity index is 1.56. The van der Waals surface area contributed by atoms with Crippen LogP contribution >= 0.6 is 11.6 Å². The highest BCUT2D eigenvalue weighted by molar-refractivity contribution is 6.31. The van der Waals surface area contributed by atoms with Crippen molar-refractivity contribution >= 4 is 17.5 Å². The first-order valence-electron chi connectivity index (χ1n) is 10.5. The molecular formula is C24H31ClN2O3. The van der Waals surface area contributed by atoms with Crippen molar-refractivity contribution in [3.8, 4) is 11.5 Å². The van der Waals surface area contributed by atoms with E-state index >= 15 is 0 Å². The van der Waals surface area contributed by atoms with E-state index in [1.165, 1.54) is 0 Å². The van der Waals surface area contributed by atoms with E-state index in [0.29, 0.717) is 11.5 Å². The van der Waals surface area contributed by atoms with Gasteiger partial charge in [0.25, 0.3) is 0 Å². The smallest absolute Gasteiger partial charge is 0.223 e. The molecule has 1 saturated heterocycles. The molecule has 6 heteroatoms. The van der Waals surface area contributed by atoms with Crippen LogP contribution in [0, 0.1) is 5.92 Å². The number of nitrogens with one attached hydrogen (secondary N) is 1. The van der Waals surface area contributed by atoms with E-state index in [1.54, 1.807) is 14.2 Å². The zero-order valence-electron chi connectivity index (χ0n) is 18.0. The number of hydrogen-bond donors (Lipinski definition) is 1. The van der Waals surface area contributed by atoms with Crippen LogP contribution in [0.5, 0.6) is 11.5 Å². The molecule has 0 aliphatic carbocycles. The fourth-order valence-electron chi connectivity index (χ4n) is 4.00. The molecule has 0 spiro atoms. The summed E-state index contributed by atoms with van der Waals surface area (Å²) in [5.41, 5.74) is 2.17. The quantitative estimate of drug-likeness (QED) is 0.651. The van der Waals surface area contributed by atoms with Crippen LogP contribution < -0.4 is 14.8 Å². The molecule has 1 atom stereocenters. The van der Waals surface area contributed by atoms with E-state index in [1.807, 2.05) is 36.4 Å². The highest BCUT2D eigenvalue weighted by Gasteiger charge is 2.27. The molecule has 0 saturated carbocycles. The third-order valence-electron chi connectivity index (χ3n) is 5.84. The lowest BCUT2D eigenvalue weighted by molar-refractivity contribution is -0.127. The minimum absolute atomic E-state index is 0.0431. The molecule has 1 aliphatic heterocycles. The number of carbonyl (C=O) groups excluding carboxylic acids is 1. The Morgan fingerprint density at radius 1 is 1.13 bits per heavy atom. The van der Waals surface area contributed by atoms with Gasteiger partial charge in [0, 0.05) is 17.5 Å². The highest BCUT2D eigenvalue weighted by Crippen LogP contribution is 2.31. The predicted molar refractivity (Wildman–Crippen MR) is 120 cm³/mol. The first-order chi connectivity index (χ1) is 14.5. The van der Waals surface area contributed by atoms with Gasteiger partial charge in [-0.1, -0.05) is 42.8 Å². The summed E-state index contributed by atoms with van der Waals surface area (Å²) in [6, 6.07) is 13.7. The molecule has 0 aromatic heterocycles. The summed E-state index contributed by atoms with van der Waals surface area (Å²) in [4.78, 5) is 15.3. The zero-order valence-corrected chi connectivity index (χ0v) is 18.7. The van der Waals surface area contributed by atoms with Gasteiger partial charge >= 0.3 is 0 Å². The van der Waals surface area contributed by atoms with Gasteiger partial charge in [-0.2, -0.15) is 0 Å². The van der Waals surface area contributed by atoms with Crippen LogP contribution in [0.15, 0.2) is 42.5 Å². The summed E-state index contributed by atoms with van der Waals surface area (Å²) in [7, 11) is 3.24. The molecule has 1 heterocycles. The fraction of sp³-hybridized carbons (Fsp3) is 0.458. The Kier molecular flexibility index (Phi) is 8.00. The number of likely N-dealkylation sites (tertiary alicyclic amines) is 1. The number of methoxy groups -OCH3 is 2. The standard InChI is InChI=1S/C24H31ClN2O3/c1-4-21(18-9-10-22(29-2)23(15-18)30-3)26-24(28)17-11-13-27(14-12-17)16-19-7-5-6-8-20(19)25/h5-10,15,17,21H,4,11-14,16H2,1-3H3,(H,26,28)/t21-/m1/s1. The van der Waals surface area contributed by atoms with E-state index in [9.17, 15) is 4.79 Å². The number of rotatable bonds is 8. The van der Waals surface area contributed by atoms with Crippen LogP contribution in [-0.4, -0.2) is 38.1 Å². The van der Waals surface area contributed by atoms with E-state index in [-0.39, 0.29) is 17.9 Å². The van der Waals surface area contributed by atoms with E-state index < -0.39 is 0 Å². The zero-order chi connectivity index (χ0) is 21.5. The molecule has 1 aliphatic rings. The molecule has 1 fully saturated rings. The number of benzene rings is 2. The normalized spacial score (nSPS) is 16.1. The Hall–Kier alpha value is -2.24. The Morgan fingerprint density at radius 2 is 1.83 bits per heavy atom.